The SMILES string of the molecule is CN(C)c1ccc(-n2ccnc2-c2cn(C3CCNCC3)nn2)cc1.Cl. The first-order chi connectivity index (χ1) is 12.2. The van der Waals surface area contributed by atoms with Crippen molar-refractivity contribution in [2.45, 2.75) is 18.9 Å². The normalized spacial score (nSPS) is 14.8. The van der Waals surface area contributed by atoms with Crippen molar-refractivity contribution < 1.29 is 0 Å². The molecule has 2 aromatic heterocycles. The molecule has 0 saturated carbocycles. The van der Waals surface area contributed by atoms with Gasteiger partial charge in [0, 0.05) is 37.9 Å². The first-order valence-electron chi connectivity index (χ1n) is 8.66. The predicted molar refractivity (Wildman–Crippen MR) is 105 cm³/mol. The standard InChI is InChI=1S/C18H23N7.ClH/c1-23(2)14-3-5-15(6-4-14)24-12-11-20-18(24)17-13-25(22-21-17)16-7-9-19-10-8-16;/h3-6,11-13,16,19H,7-10H2,1-2H3;1H. The van der Waals surface area contributed by atoms with E-state index < -0.39 is 0 Å². The molecule has 1 aliphatic rings. The molecule has 0 atom stereocenters. The van der Waals surface area contributed by atoms with Crippen LogP contribution in [0.5, 0.6) is 0 Å². The Morgan fingerprint density at radius 2 is 1.85 bits per heavy atom. The van der Waals surface area contributed by atoms with Crippen LogP contribution in [0.15, 0.2) is 42.9 Å². The molecule has 1 saturated heterocycles. The largest absolute Gasteiger partial charge is 0.378 e. The van der Waals surface area contributed by atoms with Gasteiger partial charge in [-0.1, -0.05) is 5.21 Å². The average molecular weight is 374 g/mol. The topological polar surface area (TPSA) is 63.8 Å². The molecule has 0 spiro atoms. The maximum absolute atomic E-state index is 4.50. The maximum Gasteiger partial charge on any atom is 0.166 e. The van der Waals surface area contributed by atoms with Gasteiger partial charge in [-0.25, -0.2) is 9.67 Å². The highest BCUT2D eigenvalue weighted by Crippen LogP contribution is 2.24. The zero-order valence-corrected chi connectivity index (χ0v) is 15.9. The third kappa shape index (κ3) is 3.59. The predicted octanol–water partition coefficient (Wildman–Crippen LogP) is 2.54. The summed E-state index contributed by atoms with van der Waals surface area (Å²) in [6, 6.07) is 8.82. The number of hydrogen-bond acceptors (Lipinski definition) is 5. The molecular formula is C18H24ClN7. The van der Waals surface area contributed by atoms with Crippen LogP contribution >= 0.6 is 12.4 Å². The lowest BCUT2D eigenvalue weighted by molar-refractivity contribution is 0.337. The molecule has 3 heterocycles. The summed E-state index contributed by atoms with van der Waals surface area (Å²) >= 11 is 0. The van der Waals surface area contributed by atoms with E-state index in [1.807, 2.05) is 31.2 Å². The van der Waals surface area contributed by atoms with Crippen molar-refractivity contribution in [3.63, 3.8) is 0 Å². The number of aromatic nitrogens is 5. The summed E-state index contributed by atoms with van der Waals surface area (Å²) in [7, 11) is 4.08. The molecule has 8 heteroatoms. The Morgan fingerprint density at radius 3 is 2.54 bits per heavy atom. The highest BCUT2D eigenvalue weighted by atomic mass is 35.5. The molecular weight excluding hydrogens is 350 g/mol. The Kier molecular flexibility index (Phi) is 5.58. The number of rotatable bonds is 4. The zero-order valence-electron chi connectivity index (χ0n) is 15.0. The molecule has 138 valence electrons. The number of nitrogens with zero attached hydrogens (tertiary/aromatic N) is 6. The van der Waals surface area contributed by atoms with E-state index >= 15 is 0 Å². The zero-order chi connectivity index (χ0) is 17.2. The van der Waals surface area contributed by atoms with Crippen LogP contribution in [0, 0.1) is 0 Å². The van der Waals surface area contributed by atoms with Gasteiger partial charge >= 0.3 is 0 Å². The summed E-state index contributed by atoms with van der Waals surface area (Å²) in [6.07, 6.45) is 7.96. The first kappa shape index (κ1) is 18.4. The summed E-state index contributed by atoms with van der Waals surface area (Å²) < 4.78 is 4.04. The van der Waals surface area contributed by atoms with Crippen LogP contribution in [0.25, 0.3) is 17.2 Å². The lowest BCUT2D eigenvalue weighted by Gasteiger charge is -2.22. The van der Waals surface area contributed by atoms with Crippen molar-refractivity contribution in [3.05, 3.63) is 42.9 Å². The first-order valence-corrected chi connectivity index (χ1v) is 8.66. The summed E-state index contributed by atoms with van der Waals surface area (Å²) in [5, 5.41) is 12.1. The Hall–Kier alpha value is -2.38. The number of anilines is 1. The Balaban J connectivity index is 0.00000196. The number of piperidine rings is 1. The van der Waals surface area contributed by atoms with Gasteiger partial charge in [0.05, 0.1) is 12.2 Å². The van der Waals surface area contributed by atoms with Gasteiger partial charge in [-0.3, -0.25) is 4.57 Å². The van der Waals surface area contributed by atoms with Gasteiger partial charge in [-0.2, -0.15) is 0 Å². The summed E-state index contributed by atoms with van der Waals surface area (Å²) in [6.45, 7) is 2.07. The molecule has 26 heavy (non-hydrogen) atoms. The van der Waals surface area contributed by atoms with Crippen molar-refractivity contribution in [1.82, 2.24) is 29.9 Å². The molecule has 0 unspecified atom stereocenters. The Bertz CT molecular complexity index is 831. The van der Waals surface area contributed by atoms with Crippen LogP contribution in [0.4, 0.5) is 5.69 Å². The lowest BCUT2D eigenvalue weighted by Crippen LogP contribution is -2.29. The second kappa shape index (κ2) is 7.88. The van der Waals surface area contributed by atoms with Crippen LogP contribution in [0.1, 0.15) is 18.9 Å². The fraction of sp³-hybridized carbons (Fsp3) is 0.389. The van der Waals surface area contributed by atoms with Crippen LogP contribution < -0.4 is 10.2 Å². The number of imidazole rings is 1. The van der Waals surface area contributed by atoms with Gasteiger partial charge in [-0.15, -0.1) is 17.5 Å². The fourth-order valence-corrected chi connectivity index (χ4v) is 3.24. The summed E-state index contributed by atoms with van der Waals surface area (Å²) in [4.78, 5) is 6.59. The minimum atomic E-state index is 0. The molecule has 1 aromatic carbocycles. The fourth-order valence-electron chi connectivity index (χ4n) is 3.24. The van der Waals surface area contributed by atoms with Crippen LogP contribution in [-0.4, -0.2) is 51.7 Å². The molecule has 4 rings (SSSR count). The van der Waals surface area contributed by atoms with Gasteiger partial charge in [0.2, 0.25) is 0 Å². The molecule has 1 fully saturated rings. The van der Waals surface area contributed by atoms with E-state index in [0.29, 0.717) is 6.04 Å². The summed E-state index contributed by atoms with van der Waals surface area (Å²) in [5.74, 6) is 0.817. The highest BCUT2D eigenvalue weighted by Gasteiger charge is 2.18. The second-order valence-electron chi connectivity index (χ2n) is 6.60. The van der Waals surface area contributed by atoms with Crippen molar-refractivity contribution in [3.8, 4) is 17.2 Å². The van der Waals surface area contributed by atoms with Gasteiger partial charge < -0.3 is 10.2 Å². The van der Waals surface area contributed by atoms with E-state index in [4.69, 9.17) is 0 Å². The van der Waals surface area contributed by atoms with Crippen molar-refractivity contribution >= 4 is 18.1 Å². The van der Waals surface area contributed by atoms with Gasteiger partial charge in [0.1, 0.15) is 5.69 Å². The van der Waals surface area contributed by atoms with Crippen LogP contribution in [0.3, 0.4) is 0 Å². The van der Waals surface area contributed by atoms with Gasteiger partial charge in [-0.05, 0) is 50.2 Å². The van der Waals surface area contributed by atoms with Gasteiger partial charge in [0.15, 0.2) is 5.82 Å². The molecule has 0 amide bonds. The van der Waals surface area contributed by atoms with E-state index in [9.17, 15) is 0 Å². The van der Waals surface area contributed by atoms with Crippen LogP contribution in [0.2, 0.25) is 0 Å². The lowest BCUT2D eigenvalue weighted by atomic mass is 10.1. The summed E-state index contributed by atoms with van der Waals surface area (Å²) in [5.41, 5.74) is 3.04. The molecule has 0 radical (unpaired) electrons. The van der Waals surface area contributed by atoms with Crippen LogP contribution in [-0.2, 0) is 0 Å². The molecule has 1 aliphatic heterocycles. The Morgan fingerprint density at radius 1 is 1.12 bits per heavy atom. The third-order valence-corrected chi connectivity index (χ3v) is 4.71. The maximum atomic E-state index is 4.50. The minimum absolute atomic E-state index is 0. The van der Waals surface area contributed by atoms with E-state index in [2.05, 4.69) is 54.3 Å². The van der Waals surface area contributed by atoms with E-state index in [1.165, 1.54) is 5.69 Å². The molecule has 7 nitrogen and oxygen atoms in total. The van der Waals surface area contributed by atoms with Crippen molar-refractivity contribution in [2.75, 3.05) is 32.1 Å². The van der Waals surface area contributed by atoms with Crippen molar-refractivity contribution in [1.29, 1.82) is 0 Å². The van der Waals surface area contributed by atoms with Crippen molar-refractivity contribution in [2.24, 2.45) is 0 Å². The highest BCUT2D eigenvalue weighted by molar-refractivity contribution is 5.85. The number of nitrogens with one attached hydrogen (secondary N) is 1. The van der Waals surface area contributed by atoms with Gasteiger partial charge in [0.25, 0.3) is 0 Å². The Labute approximate surface area is 159 Å². The van der Waals surface area contributed by atoms with E-state index in [1.54, 1.807) is 6.20 Å². The second-order valence-corrected chi connectivity index (χ2v) is 6.60. The molecule has 0 aliphatic carbocycles. The van der Waals surface area contributed by atoms with E-state index in [0.717, 1.165) is 43.1 Å². The number of hydrogen-bond donors (Lipinski definition) is 1. The molecule has 1 N–H and O–H groups in total. The number of benzene rings is 1. The smallest absolute Gasteiger partial charge is 0.166 e. The average Bonchev–Trinajstić information content (AvgIpc) is 3.32. The monoisotopic (exact) mass is 373 g/mol. The molecule has 0 bridgehead atoms. The minimum Gasteiger partial charge on any atom is -0.378 e. The van der Waals surface area contributed by atoms with E-state index in [-0.39, 0.29) is 12.4 Å². The third-order valence-electron chi connectivity index (χ3n) is 4.71. The molecule has 3 aromatic rings. The number of halogens is 1. The quantitative estimate of drug-likeness (QED) is 0.761.